The van der Waals surface area contributed by atoms with E-state index in [-0.39, 0.29) is 5.69 Å². The molecule has 0 aliphatic carbocycles. The highest BCUT2D eigenvalue weighted by atomic mass is 16.5. The van der Waals surface area contributed by atoms with Crippen molar-refractivity contribution in [2.45, 2.75) is 26.6 Å². The highest BCUT2D eigenvalue weighted by Gasteiger charge is 2.10. The number of aryl methyl sites for hydroxylation is 1. The Morgan fingerprint density at radius 3 is 3.06 bits per heavy atom. The molecule has 2 rings (SSSR count). The van der Waals surface area contributed by atoms with Crippen LogP contribution in [0.15, 0.2) is 16.9 Å². The molecular weight excluding hydrogens is 238 g/mol. The van der Waals surface area contributed by atoms with Crippen molar-refractivity contribution in [3.05, 3.63) is 29.7 Å². The molecule has 0 aliphatic heterocycles. The summed E-state index contributed by atoms with van der Waals surface area (Å²) in [6, 6.07) is 1.39. The summed E-state index contributed by atoms with van der Waals surface area (Å²) in [6.45, 7) is 3.71. The Bertz CT molecular complexity index is 533. The number of carboxylic acids is 1. The Morgan fingerprint density at radius 1 is 1.56 bits per heavy atom. The topological polar surface area (TPSA) is 106 Å². The van der Waals surface area contributed by atoms with Gasteiger partial charge >= 0.3 is 5.97 Å². The fourth-order valence-electron chi connectivity index (χ4n) is 1.47. The van der Waals surface area contributed by atoms with Gasteiger partial charge in [0.1, 0.15) is 12.2 Å². The van der Waals surface area contributed by atoms with Gasteiger partial charge in [-0.3, -0.25) is 0 Å². The van der Waals surface area contributed by atoms with Gasteiger partial charge in [0.2, 0.25) is 0 Å². The number of aromatic nitrogens is 4. The maximum atomic E-state index is 10.6. The van der Waals surface area contributed by atoms with Crippen LogP contribution >= 0.6 is 0 Å². The summed E-state index contributed by atoms with van der Waals surface area (Å²) in [5, 5.41) is 22.9. The van der Waals surface area contributed by atoms with Crippen LogP contribution in [0.5, 0.6) is 0 Å². The van der Waals surface area contributed by atoms with Crippen LogP contribution in [-0.2, 0) is 19.6 Å². The van der Waals surface area contributed by atoms with Crippen molar-refractivity contribution in [2.75, 3.05) is 0 Å². The summed E-state index contributed by atoms with van der Waals surface area (Å²) in [4.78, 5) is 10.6. The maximum absolute atomic E-state index is 10.6. The molecule has 2 heterocycles. The molecule has 0 aromatic carbocycles. The molecule has 0 aliphatic rings. The molecule has 0 amide bonds. The summed E-state index contributed by atoms with van der Waals surface area (Å²) < 4.78 is 6.78. The first kappa shape index (κ1) is 12.2. The molecule has 0 saturated carbocycles. The molecular formula is C10H13N5O3. The van der Waals surface area contributed by atoms with Gasteiger partial charge in [0.25, 0.3) is 0 Å². The minimum Gasteiger partial charge on any atom is -0.476 e. The third kappa shape index (κ3) is 2.72. The molecule has 2 N–H and O–H groups in total. The van der Waals surface area contributed by atoms with Crippen molar-refractivity contribution in [3.8, 4) is 0 Å². The van der Waals surface area contributed by atoms with Crippen molar-refractivity contribution in [1.29, 1.82) is 0 Å². The molecule has 0 unspecified atom stereocenters. The van der Waals surface area contributed by atoms with Crippen LogP contribution in [0.25, 0.3) is 0 Å². The van der Waals surface area contributed by atoms with Crippen molar-refractivity contribution >= 4 is 5.97 Å². The minimum atomic E-state index is -1.10. The predicted molar refractivity (Wildman–Crippen MR) is 59.7 cm³/mol. The van der Waals surface area contributed by atoms with Gasteiger partial charge in [-0.15, -0.1) is 10.2 Å². The van der Waals surface area contributed by atoms with E-state index < -0.39 is 5.97 Å². The second kappa shape index (κ2) is 5.41. The van der Waals surface area contributed by atoms with E-state index in [1.165, 1.54) is 6.07 Å². The predicted octanol–water partition coefficient (Wildman–Crippen LogP) is 0.274. The Morgan fingerprint density at radius 2 is 2.39 bits per heavy atom. The summed E-state index contributed by atoms with van der Waals surface area (Å²) in [7, 11) is 0. The zero-order valence-corrected chi connectivity index (χ0v) is 9.83. The molecule has 8 nitrogen and oxygen atoms in total. The monoisotopic (exact) mass is 251 g/mol. The van der Waals surface area contributed by atoms with E-state index in [2.05, 4.69) is 20.7 Å². The van der Waals surface area contributed by atoms with E-state index in [0.717, 1.165) is 12.4 Å². The number of hydrogen-bond acceptors (Lipinski definition) is 6. The number of carbonyl (C=O) groups is 1. The Kier molecular flexibility index (Phi) is 3.68. The smallest absolute Gasteiger partial charge is 0.358 e. The molecule has 8 heteroatoms. The fraction of sp³-hybridized carbons (Fsp3) is 0.400. The number of rotatable bonds is 6. The lowest BCUT2D eigenvalue weighted by Crippen LogP contribution is -2.16. The lowest BCUT2D eigenvalue weighted by atomic mass is 10.3. The normalized spacial score (nSPS) is 10.7. The number of nitrogens with zero attached hydrogens (tertiary/aromatic N) is 4. The van der Waals surface area contributed by atoms with Crippen LogP contribution in [0.2, 0.25) is 0 Å². The Labute approximate surface area is 103 Å². The van der Waals surface area contributed by atoms with Gasteiger partial charge in [-0.2, -0.15) is 0 Å². The summed E-state index contributed by atoms with van der Waals surface area (Å²) >= 11 is 0. The lowest BCUT2D eigenvalue weighted by Gasteiger charge is -2.03. The Hall–Kier alpha value is -2.22. The minimum absolute atomic E-state index is 0.0940. The van der Waals surface area contributed by atoms with Crippen LogP contribution in [0.1, 0.15) is 29.0 Å². The maximum Gasteiger partial charge on any atom is 0.358 e. The molecule has 2 aromatic rings. The van der Waals surface area contributed by atoms with E-state index in [9.17, 15) is 4.79 Å². The highest BCUT2D eigenvalue weighted by Crippen LogP contribution is 2.03. The summed E-state index contributed by atoms with van der Waals surface area (Å²) in [5.74, 6) is 0.182. The lowest BCUT2D eigenvalue weighted by molar-refractivity contribution is 0.0685. The van der Waals surface area contributed by atoms with Gasteiger partial charge in [0, 0.05) is 12.6 Å². The number of carboxylic acid groups (broad SMARTS) is 1. The molecule has 0 saturated heterocycles. The van der Waals surface area contributed by atoms with Gasteiger partial charge < -0.3 is 19.5 Å². The quantitative estimate of drug-likeness (QED) is 0.759. The SMILES string of the molecule is CCn1cnnc1CNCc1cc(C(=O)O)no1. The highest BCUT2D eigenvalue weighted by molar-refractivity contribution is 5.85. The van der Waals surface area contributed by atoms with Crippen molar-refractivity contribution < 1.29 is 14.4 Å². The van der Waals surface area contributed by atoms with Crippen molar-refractivity contribution in [1.82, 2.24) is 25.2 Å². The average Bonchev–Trinajstić information content (AvgIpc) is 2.97. The molecule has 96 valence electrons. The van der Waals surface area contributed by atoms with Crippen LogP contribution < -0.4 is 5.32 Å². The largest absolute Gasteiger partial charge is 0.476 e. The first-order valence-corrected chi connectivity index (χ1v) is 5.47. The van der Waals surface area contributed by atoms with Gasteiger partial charge in [0.05, 0.1) is 13.1 Å². The van der Waals surface area contributed by atoms with Crippen LogP contribution in [0.3, 0.4) is 0 Å². The van der Waals surface area contributed by atoms with Gasteiger partial charge in [-0.05, 0) is 6.92 Å². The Balaban J connectivity index is 1.86. The molecule has 18 heavy (non-hydrogen) atoms. The van der Waals surface area contributed by atoms with Crippen LogP contribution in [-0.4, -0.2) is 31.0 Å². The summed E-state index contributed by atoms with van der Waals surface area (Å²) in [6.07, 6.45) is 1.66. The van der Waals surface area contributed by atoms with Crippen LogP contribution in [0, 0.1) is 0 Å². The number of nitrogens with one attached hydrogen (secondary N) is 1. The van der Waals surface area contributed by atoms with Gasteiger partial charge in [-0.25, -0.2) is 4.79 Å². The second-order valence-electron chi connectivity index (χ2n) is 3.62. The number of aromatic carboxylic acids is 1. The molecule has 0 radical (unpaired) electrons. The fourth-order valence-corrected chi connectivity index (χ4v) is 1.47. The molecule has 0 fully saturated rings. The average molecular weight is 251 g/mol. The van der Waals surface area contributed by atoms with E-state index in [0.29, 0.717) is 18.8 Å². The molecule has 0 spiro atoms. The molecule has 0 atom stereocenters. The third-order valence-electron chi connectivity index (χ3n) is 2.40. The van der Waals surface area contributed by atoms with Crippen molar-refractivity contribution in [2.24, 2.45) is 0 Å². The second-order valence-corrected chi connectivity index (χ2v) is 3.62. The van der Waals surface area contributed by atoms with E-state index >= 15 is 0 Å². The van der Waals surface area contributed by atoms with E-state index in [1.807, 2.05) is 11.5 Å². The standard InChI is InChI=1S/C10H13N5O3/c1-2-15-6-12-13-9(15)5-11-4-7-3-8(10(16)17)14-18-7/h3,6,11H,2,4-5H2,1H3,(H,16,17). The van der Waals surface area contributed by atoms with Gasteiger partial charge in [0.15, 0.2) is 11.5 Å². The zero-order chi connectivity index (χ0) is 13.0. The molecule has 0 bridgehead atoms. The zero-order valence-electron chi connectivity index (χ0n) is 9.83. The van der Waals surface area contributed by atoms with Crippen LogP contribution in [0.4, 0.5) is 0 Å². The summed E-state index contributed by atoms with van der Waals surface area (Å²) in [5.41, 5.74) is -0.0940. The molecule has 2 aromatic heterocycles. The van der Waals surface area contributed by atoms with E-state index in [4.69, 9.17) is 9.63 Å². The van der Waals surface area contributed by atoms with Crippen molar-refractivity contribution in [3.63, 3.8) is 0 Å². The van der Waals surface area contributed by atoms with E-state index in [1.54, 1.807) is 6.33 Å². The third-order valence-corrected chi connectivity index (χ3v) is 2.40. The first-order chi connectivity index (χ1) is 8.70. The number of hydrogen-bond donors (Lipinski definition) is 2. The first-order valence-electron chi connectivity index (χ1n) is 5.47. The van der Waals surface area contributed by atoms with Gasteiger partial charge in [-0.1, -0.05) is 5.16 Å².